The normalized spacial score (nSPS) is 20.3. The molecule has 1 heterocycles. The maximum atomic E-state index is 12.6. The van der Waals surface area contributed by atoms with E-state index in [2.05, 4.69) is 0 Å². The van der Waals surface area contributed by atoms with Crippen LogP contribution in [0.1, 0.15) is 13.3 Å². The Kier molecular flexibility index (Phi) is 4.45. The zero-order valence-corrected chi connectivity index (χ0v) is 12.4. The van der Waals surface area contributed by atoms with E-state index in [1.807, 2.05) is 6.92 Å². The number of nitrogens with two attached hydrogens (primary N) is 1. The molecule has 8 nitrogen and oxygen atoms in total. The highest BCUT2D eigenvalue weighted by Crippen LogP contribution is 2.28. The number of rotatable bonds is 4. The van der Waals surface area contributed by atoms with Crippen LogP contribution in [0, 0.1) is 10.1 Å². The number of anilines is 1. The number of nitro groups is 1. The number of nitrogen functional groups attached to an aromatic ring is 1. The molecule has 0 amide bonds. The van der Waals surface area contributed by atoms with E-state index in [9.17, 15) is 18.5 Å². The minimum atomic E-state index is -3.87. The van der Waals surface area contributed by atoms with Crippen LogP contribution in [-0.4, -0.2) is 43.4 Å². The highest BCUT2D eigenvalue weighted by molar-refractivity contribution is 7.89. The maximum Gasteiger partial charge on any atom is 0.270 e. The topological polar surface area (TPSA) is 116 Å². The molecule has 0 aromatic heterocycles. The van der Waals surface area contributed by atoms with E-state index >= 15 is 0 Å². The van der Waals surface area contributed by atoms with Gasteiger partial charge in [0, 0.05) is 25.2 Å². The van der Waals surface area contributed by atoms with E-state index < -0.39 is 14.9 Å². The largest absolute Gasteiger partial charge is 0.398 e. The summed E-state index contributed by atoms with van der Waals surface area (Å²) in [5.41, 5.74) is 5.39. The fraction of sp³-hybridized carbons (Fsp3) is 0.500. The summed E-state index contributed by atoms with van der Waals surface area (Å²) in [5.74, 6) is 0. The lowest BCUT2D eigenvalue weighted by Gasteiger charge is -2.31. The molecular formula is C12H17N3O5S. The van der Waals surface area contributed by atoms with E-state index in [1.54, 1.807) is 0 Å². The molecule has 116 valence electrons. The molecule has 1 fully saturated rings. The average Bonchev–Trinajstić information content (AvgIpc) is 2.47. The maximum absolute atomic E-state index is 12.6. The lowest BCUT2D eigenvalue weighted by atomic mass is 10.2. The molecule has 0 bridgehead atoms. The molecule has 0 radical (unpaired) electrons. The van der Waals surface area contributed by atoms with Crippen molar-refractivity contribution in [3.8, 4) is 0 Å². The van der Waals surface area contributed by atoms with Crippen molar-refractivity contribution in [1.29, 1.82) is 0 Å². The minimum absolute atomic E-state index is 0.000130. The van der Waals surface area contributed by atoms with Gasteiger partial charge in [-0.25, -0.2) is 8.42 Å². The second-order valence-electron chi connectivity index (χ2n) is 4.74. The highest BCUT2D eigenvalue weighted by atomic mass is 32.2. The number of ether oxygens (including phenoxy) is 1. The van der Waals surface area contributed by atoms with Crippen LogP contribution in [0.4, 0.5) is 11.4 Å². The fourth-order valence-electron chi connectivity index (χ4n) is 2.16. The van der Waals surface area contributed by atoms with Gasteiger partial charge in [-0.2, -0.15) is 4.31 Å². The zero-order valence-electron chi connectivity index (χ0n) is 11.6. The van der Waals surface area contributed by atoms with Gasteiger partial charge >= 0.3 is 0 Å². The van der Waals surface area contributed by atoms with Crippen molar-refractivity contribution in [2.45, 2.75) is 24.3 Å². The summed E-state index contributed by atoms with van der Waals surface area (Å²) in [6, 6.07) is 3.42. The predicted molar refractivity (Wildman–Crippen MR) is 76.3 cm³/mol. The lowest BCUT2D eigenvalue weighted by Crippen LogP contribution is -2.45. The van der Waals surface area contributed by atoms with Crippen molar-refractivity contribution in [2.75, 3.05) is 25.4 Å². The number of morpholine rings is 1. The summed E-state index contributed by atoms with van der Waals surface area (Å²) in [5, 5.41) is 10.8. The standard InChI is InChI=1S/C12H17N3O5S/c1-2-10-8-14(5-6-20-10)21(18,19)12-7-9(15(16)17)3-4-11(12)13/h3-4,7,10H,2,5-6,8,13H2,1H3. The van der Waals surface area contributed by atoms with E-state index in [0.717, 1.165) is 6.07 Å². The first-order chi connectivity index (χ1) is 9.86. The first kappa shape index (κ1) is 15.7. The van der Waals surface area contributed by atoms with Crippen molar-refractivity contribution >= 4 is 21.4 Å². The van der Waals surface area contributed by atoms with E-state index in [0.29, 0.717) is 13.0 Å². The molecule has 0 aliphatic carbocycles. The molecule has 1 aromatic rings. The highest BCUT2D eigenvalue weighted by Gasteiger charge is 2.32. The average molecular weight is 315 g/mol. The third kappa shape index (κ3) is 3.14. The molecule has 2 rings (SSSR count). The smallest absolute Gasteiger partial charge is 0.270 e. The van der Waals surface area contributed by atoms with Crippen LogP contribution in [-0.2, 0) is 14.8 Å². The van der Waals surface area contributed by atoms with Gasteiger partial charge in [0.05, 0.1) is 23.3 Å². The van der Waals surface area contributed by atoms with Crippen LogP contribution >= 0.6 is 0 Å². The Labute approximate surface area is 122 Å². The molecule has 1 aliphatic rings. The van der Waals surface area contributed by atoms with Gasteiger partial charge in [-0.1, -0.05) is 6.92 Å². The molecule has 1 aliphatic heterocycles. The van der Waals surface area contributed by atoms with Crippen molar-refractivity contribution in [2.24, 2.45) is 0 Å². The molecule has 0 saturated carbocycles. The van der Waals surface area contributed by atoms with Crippen LogP contribution in [0.2, 0.25) is 0 Å². The van der Waals surface area contributed by atoms with Gasteiger partial charge < -0.3 is 10.5 Å². The second kappa shape index (κ2) is 5.96. The number of benzene rings is 1. The predicted octanol–water partition coefficient (Wildman–Crippen LogP) is 0.977. The van der Waals surface area contributed by atoms with Crippen LogP contribution in [0.25, 0.3) is 0 Å². The SMILES string of the molecule is CCC1CN(S(=O)(=O)c2cc([N+](=O)[O-])ccc2N)CCO1. The first-order valence-corrected chi connectivity index (χ1v) is 7.96. The van der Waals surface area contributed by atoms with Crippen molar-refractivity contribution in [3.63, 3.8) is 0 Å². The Morgan fingerprint density at radius 3 is 2.86 bits per heavy atom. The number of non-ortho nitro benzene ring substituents is 1. The van der Waals surface area contributed by atoms with Gasteiger partial charge in [-0.15, -0.1) is 0 Å². The molecular weight excluding hydrogens is 298 g/mol. The fourth-order valence-corrected chi connectivity index (χ4v) is 3.75. The number of hydrogen-bond acceptors (Lipinski definition) is 6. The van der Waals surface area contributed by atoms with E-state index in [4.69, 9.17) is 10.5 Å². The van der Waals surface area contributed by atoms with Gasteiger partial charge in [-0.3, -0.25) is 10.1 Å². The zero-order chi connectivity index (χ0) is 15.6. The van der Waals surface area contributed by atoms with Crippen LogP contribution in [0.3, 0.4) is 0 Å². The van der Waals surface area contributed by atoms with Crippen molar-refractivity contribution < 1.29 is 18.1 Å². The first-order valence-electron chi connectivity index (χ1n) is 6.52. The lowest BCUT2D eigenvalue weighted by molar-refractivity contribution is -0.385. The Balaban J connectivity index is 2.39. The van der Waals surface area contributed by atoms with E-state index in [-0.39, 0.29) is 35.5 Å². The molecule has 21 heavy (non-hydrogen) atoms. The Morgan fingerprint density at radius 2 is 2.24 bits per heavy atom. The minimum Gasteiger partial charge on any atom is -0.398 e. The van der Waals surface area contributed by atoms with Crippen molar-refractivity contribution in [1.82, 2.24) is 4.31 Å². The van der Waals surface area contributed by atoms with Gasteiger partial charge in [0.2, 0.25) is 10.0 Å². The molecule has 0 spiro atoms. The summed E-state index contributed by atoms with van der Waals surface area (Å²) in [4.78, 5) is 9.93. The third-order valence-electron chi connectivity index (χ3n) is 3.38. The van der Waals surface area contributed by atoms with Crippen LogP contribution in [0.5, 0.6) is 0 Å². The quantitative estimate of drug-likeness (QED) is 0.503. The summed E-state index contributed by atoms with van der Waals surface area (Å²) in [6.45, 7) is 2.64. The summed E-state index contributed by atoms with van der Waals surface area (Å²) >= 11 is 0. The van der Waals surface area contributed by atoms with Gasteiger partial charge in [0.15, 0.2) is 0 Å². The Bertz CT molecular complexity index is 646. The monoisotopic (exact) mass is 315 g/mol. The number of sulfonamides is 1. The molecule has 1 unspecified atom stereocenters. The summed E-state index contributed by atoms with van der Waals surface area (Å²) in [7, 11) is -3.87. The van der Waals surface area contributed by atoms with E-state index in [1.165, 1.54) is 16.4 Å². The second-order valence-corrected chi connectivity index (χ2v) is 6.65. The number of nitrogens with zero attached hydrogens (tertiary/aromatic N) is 2. The third-order valence-corrected chi connectivity index (χ3v) is 5.30. The molecule has 1 aromatic carbocycles. The van der Waals surface area contributed by atoms with Gasteiger partial charge in [-0.05, 0) is 12.5 Å². The Morgan fingerprint density at radius 1 is 1.52 bits per heavy atom. The molecule has 1 atom stereocenters. The number of hydrogen-bond donors (Lipinski definition) is 1. The van der Waals surface area contributed by atoms with Gasteiger partial charge in [0.1, 0.15) is 4.90 Å². The summed E-state index contributed by atoms with van der Waals surface area (Å²) < 4.78 is 31.9. The number of nitro benzene ring substituents is 1. The molecule has 1 saturated heterocycles. The van der Waals surface area contributed by atoms with Crippen molar-refractivity contribution in [3.05, 3.63) is 28.3 Å². The Hall–Kier alpha value is -1.71. The molecule has 2 N–H and O–H groups in total. The van der Waals surface area contributed by atoms with Crippen LogP contribution in [0.15, 0.2) is 23.1 Å². The van der Waals surface area contributed by atoms with Crippen LogP contribution < -0.4 is 5.73 Å². The summed E-state index contributed by atoms with van der Waals surface area (Å²) in [6.07, 6.45) is 0.518. The van der Waals surface area contributed by atoms with Gasteiger partial charge in [0.25, 0.3) is 5.69 Å². The molecule has 9 heteroatoms.